The van der Waals surface area contributed by atoms with E-state index in [1.807, 2.05) is 12.1 Å². The number of methoxy groups -OCH3 is 5. The molecule has 0 unspecified atom stereocenters. The van der Waals surface area contributed by atoms with Gasteiger partial charge in [0.1, 0.15) is 0 Å². The lowest BCUT2D eigenvalue weighted by Crippen LogP contribution is -2.36. The van der Waals surface area contributed by atoms with E-state index in [0.29, 0.717) is 46.5 Å². The van der Waals surface area contributed by atoms with Crippen LogP contribution in [0.5, 0.6) is 28.7 Å². The highest BCUT2D eigenvalue weighted by Crippen LogP contribution is 2.38. The third kappa shape index (κ3) is 6.32. The van der Waals surface area contributed by atoms with E-state index in [2.05, 4.69) is 20.6 Å². The van der Waals surface area contributed by atoms with E-state index in [9.17, 15) is 4.79 Å². The molecule has 0 aliphatic rings. The van der Waals surface area contributed by atoms with Gasteiger partial charge in [-0.2, -0.15) is 0 Å². The molecule has 1 heterocycles. The molecule has 3 rings (SSSR count). The number of guanidine groups is 1. The molecule has 184 valence electrons. The van der Waals surface area contributed by atoms with Gasteiger partial charge in [0.15, 0.2) is 23.0 Å². The van der Waals surface area contributed by atoms with Gasteiger partial charge in [0.05, 0.1) is 42.1 Å². The minimum atomic E-state index is -0.425. The van der Waals surface area contributed by atoms with Crippen LogP contribution in [-0.2, 0) is 6.54 Å². The summed E-state index contributed by atoms with van der Waals surface area (Å²) in [7, 11) is 7.58. The van der Waals surface area contributed by atoms with E-state index >= 15 is 0 Å². The first kappa shape index (κ1) is 25.2. The summed E-state index contributed by atoms with van der Waals surface area (Å²) >= 11 is 0. The summed E-state index contributed by atoms with van der Waals surface area (Å²) in [6, 6.07) is 12.1. The average Bonchev–Trinajstić information content (AvgIpc) is 2.91. The Bertz CT molecular complexity index is 1160. The van der Waals surface area contributed by atoms with Gasteiger partial charge >= 0.3 is 0 Å². The van der Waals surface area contributed by atoms with E-state index in [1.54, 1.807) is 56.9 Å². The maximum Gasteiger partial charge on any atom is 0.258 e. The number of anilines is 1. The molecule has 10 nitrogen and oxygen atoms in total. The first-order chi connectivity index (χ1) is 17.0. The van der Waals surface area contributed by atoms with Gasteiger partial charge in [0.2, 0.25) is 11.7 Å². The van der Waals surface area contributed by atoms with E-state index in [-0.39, 0.29) is 5.96 Å². The monoisotopic (exact) mass is 480 g/mol. The summed E-state index contributed by atoms with van der Waals surface area (Å²) in [4.78, 5) is 21.8. The number of hydrogen-bond acceptors (Lipinski definition) is 8. The van der Waals surface area contributed by atoms with Gasteiger partial charge in [0, 0.05) is 29.7 Å². The molecule has 0 aliphatic heterocycles. The highest BCUT2D eigenvalue weighted by molar-refractivity contribution is 6.10. The van der Waals surface area contributed by atoms with Crippen LogP contribution in [0.3, 0.4) is 0 Å². The van der Waals surface area contributed by atoms with Gasteiger partial charge in [-0.05, 0) is 42.0 Å². The standard InChI is InChI=1S/C25H28N4O6/c1-31-19-7-6-18(14-20(19)32-2)28-25(27-15-16-8-10-26-11-9-16)29-24(30)17-12-21(33-3)23(35-5)22(13-17)34-4/h6-14H,15H2,1-5H3,(H2,27,28,29,30). The summed E-state index contributed by atoms with van der Waals surface area (Å²) in [5, 5.41) is 5.95. The van der Waals surface area contributed by atoms with Crippen molar-refractivity contribution in [3.05, 3.63) is 66.0 Å². The highest BCUT2D eigenvalue weighted by Gasteiger charge is 2.18. The van der Waals surface area contributed by atoms with Crippen molar-refractivity contribution in [2.24, 2.45) is 4.99 Å². The van der Waals surface area contributed by atoms with Crippen LogP contribution in [0, 0.1) is 0 Å². The number of benzene rings is 2. The SMILES string of the molecule is COc1ccc(NC(=NCc2ccncc2)NC(=O)c2cc(OC)c(OC)c(OC)c2)cc1OC. The van der Waals surface area contributed by atoms with Crippen molar-refractivity contribution in [1.82, 2.24) is 10.3 Å². The molecule has 35 heavy (non-hydrogen) atoms. The summed E-state index contributed by atoms with van der Waals surface area (Å²) in [5.41, 5.74) is 1.86. The lowest BCUT2D eigenvalue weighted by atomic mass is 10.1. The number of rotatable bonds is 9. The number of carbonyl (C=O) groups excluding carboxylic acids is 1. The molecule has 2 aromatic carbocycles. The second-order valence-electron chi connectivity index (χ2n) is 7.08. The Kier molecular flexibility index (Phi) is 8.71. The van der Waals surface area contributed by atoms with Crippen LogP contribution in [0.2, 0.25) is 0 Å². The Balaban J connectivity index is 1.91. The number of aromatic nitrogens is 1. The molecule has 0 radical (unpaired) electrons. The van der Waals surface area contributed by atoms with Crippen molar-refractivity contribution >= 4 is 17.6 Å². The number of carbonyl (C=O) groups is 1. The lowest BCUT2D eigenvalue weighted by Gasteiger charge is -2.16. The van der Waals surface area contributed by atoms with E-state index in [1.165, 1.54) is 21.3 Å². The Hall–Kier alpha value is -4.47. The maximum atomic E-state index is 13.2. The first-order valence-corrected chi connectivity index (χ1v) is 10.6. The fourth-order valence-corrected chi connectivity index (χ4v) is 3.21. The van der Waals surface area contributed by atoms with Crippen molar-refractivity contribution in [1.29, 1.82) is 0 Å². The van der Waals surface area contributed by atoms with Crippen molar-refractivity contribution in [3.8, 4) is 28.7 Å². The maximum absolute atomic E-state index is 13.2. The zero-order chi connectivity index (χ0) is 25.2. The Morgan fingerprint density at radius 1 is 0.800 bits per heavy atom. The van der Waals surface area contributed by atoms with Crippen LogP contribution in [0.1, 0.15) is 15.9 Å². The number of nitrogens with one attached hydrogen (secondary N) is 2. The first-order valence-electron chi connectivity index (χ1n) is 10.6. The third-order valence-corrected chi connectivity index (χ3v) is 4.97. The summed E-state index contributed by atoms with van der Waals surface area (Å²) in [6.07, 6.45) is 3.36. The van der Waals surface area contributed by atoms with Crippen LogP contribution >= 0.6 is 0 Å². The minimum Gasteiger partial charge on any atom is -0.493 e. The van der Waals surface area contributed by atoms with E-state index in [0.717, 1.165) is 5.56 Å². The molecule has 3 aromatic rings. The molecule has 0 saturated heterocycles. The third-order valence-electron chi connectivity index (χ3n) is 4.97. The molecule has 1 aromatic heterocycles. The van der Waals surface area contributed by atoms with Gasteiger partial charge < -0.3 is 29.0 Å². The molecule has 0 atom stereocenters. The lowest BCUT2D eigenvalue weighted by molar-refractivity contribution is 0.0976. The molecule has 2 N–H and O–H groups in total. The van der Waals surface area contributed by atoms with Crippen molar-refractivity contribution in [2.75, 3.05) is 40.9 Å². The van der Waals surface area contributed by atoms with Crippen LogP contribution in [0.4, 0.5) is 5.69 Å². The zero-order valence-corrected chi connectivity index (χ0v) is 20.2. The van der Waals surface area contributed by atoms with Gasteiger partial charge in [-0.3, -0.25) is 15.1 Å². The van der Waals surface area contributed by atoms with Gasteiger partial charge in [-0.25, -0.2) is 4.99 Å². The second kappa shape index (κ2) is 12.1. The summed E-state index contributed by atoms with van der Waals surface area (Å²) in [5.74, 6) is 2.03. The molecular formula is C25H28N4O6. The molecule has 10 heteroatoms. The minimum absolute atomic E-state index is 0.229. The second-order valence-corrected chi connectivity index (χ2v) is 7.08. The van der Waals surface area contributed by atoms with Crippen LogP contribution in [0.25, 0.3) is 0 Å². The molecule has 0 spiro atoms. The highest BCUT2D eigenvalue weighted by atomic mass is 16.5. The number of hydrogen-bond donors (Lipinski definition) is 2. The smallest absolute Gasteiger partial charge is 0.258 e. The fourth-order valence-electron chi connectivity index (χ4n) is 3.21. The van der Waals surface area contributed by atoms with Crippen LogP contribution < -0.4 is 34.3 Å². The van der Waals surface area contributed by atoms with E-state index in [4.69, 9.17) is 23.7 Å². The average molecular weight is 481 g/mol. The molecule has 0 aliphatic carbocycles. The quantitative estimate of drug-likeness (QED) is 0.353. The van der Waals surface area contributed by atoms with Gasteiger partial charge in [-0.15, -0.1) is 0 Å². The van der Waals surface area contributed by atoms with Crippen molar-refractivity contribution in [3.63, 3.8) is 0 Å². The Morgan fingerprint density at radius 2 is 1.43 bits per heavy atom. The zero-order valence-electron chi connectivity index (χ0n) is 20.2. The van der Waals surface area contributed by atoms with Crippen LogP contribution in [-0.4, -0.2) is 52.4 Å². The van der Waals surface area contributed by atoms with Gasteiger partial charge in [0.25, 0.3) is 5.91 Å². The Morgan fingerprint density at radius 3 is 2.00 bits per heavy atom. The van der Waals surface area contributed by atoms with Crippen molar-refractivity contribution < 1.29 is 28.5 Å². The topological polar surface area (TPSA) is 113 Å². The normalized spacial score (nSPS) is 10.8. The molecule has 0 saturated carbocycles. The largest absolute Gasteiger partial charge is 0.493 e. The van der Waals surface area contributed by atoms with Crippen LogP contribution in [0.15, 0.2) is 59.9 Å². The van der Waals surface area contributed by atoms with Crippen molar-refractivity contribution in [2.45, 2.75) is 6.54 Å². The Labute approximate surface area is 203 Å². The van der Waals surface area contributed by atoms with Gasteiger partial charge in [-0.1, -0.05) is 0 Å². The number of amides is 1. The van der Waals surface area contributed by atoms with E-state index < -0.39 is 5.91 Å². The predicted molar refractivity (Wildman–Crippen MR) is 132 cm³/mol. The fraction of sp³-hybridized carbons (Fsp3) is 0.240. The summed E-state index contributed by atoms with van der Waals surface area (Å²) < 4.78 is 26.7. The molecular weight excluding hydrogens is 452 g/mol. The number of aliphatic imine (C=N–C) groups is 1. The number of ether oxygens (including phenoxy) is 5. The number of nitrogens with zero attached hydrogens (tertiary/aromatic N) is 2. The molecule has 0 fully saturated rings. The predicted octanol–water partition coefficient (Wildman–Crippen LogP) is 3.52. The summed E-state index contributed by atoms with van der Waals surface area (Å²) in [6.45, 7) is 0.313. The molecule has 0 bridgehead atoms. The number of pyridine rings is 1. The molecule has 1 amide bonds.